The number of hydrogen-bond acceptors (Lipinski definition) is 4. The summed E-state index contributed by atoms with van der Waals surface area (Å²) < 4.78 is 3.63. The zero-order valence-electron chi connectivity index (χ0n) is 10.6. The summed E-state index contributed by atoms with van der Waals surface area (Å²) in [6.07, 6.45) is 0.0921. The molecule has 0 spiro atoms. The summed E-state index contributed by atoms with van der Waals surface area (Å²) in [4.78, 5) is 10.7. The van der Waals surface area contributed by atoms with Crippen LogP contribution in [0, 0.1) is 9.49 Å². The maximum Gasteiger partial charge on any atom is 0.303 e. The molecule has 1 heterocycles. The molecule has 0 aliphatic carbocycles. The number of benzene rings is 1. The maximum absolute atomic E-state index is 10.7. The fourth-order valence-electron chi connectivity index (χ4n) is 1.85. The second kappa shape index (κ2) is 6.61. The summed E-state index contributed by atoms with van der Waals surface area (Å²) in [7, 11) is 0. The molecule has 0 aliphatic rings. The Balaban J connectivity index is 2.28. The highest BCUT2D eigenvalue weighted by Crippen LogP contribution is 2.27. The van der Waals surface area contributed by atoms with Gasteiger partial charge in [0.2, 0.25) is 0 Å². The largest absolute Gasteiger partial charge is 0.481 e. The summed E-state index contributed by atoms with van der Waals surface area (Å²) in [6.45, 7) is 2.34. The van der Waals surface area contributed by atoms with Crippen molar-refractivity contribution in [1.29, 1.82) is 0 Å². The number of hydrogen-bond donors (Lipinski definition) is 1. The smallest absolute Gasteiger partial charge is 0.303 e. The molecule has 20 heavy (non-hydrogen) atoms. The number of aromatic nitrogens is 4. The van der Waals surface area contributed by atoms with Gasteiger partial charge in [0.15, 0.2) is 5.82 Å². The lowest BCUT2D eigenvalue weighted by atomic mass is 10.1. The quantitative estimate of drug-likeness (QED) is 0.708. The van der Waals surface area contributed by atoms with Crippen molar-refractivity contribution in [3.05, 3.63) is 26.2 Å². The summed E-state index contributed by atoms with van der Waals surface area (Å²) in [5.41, 5.74) is 0.924. The van der Waals surface area contributed by atoms with E-state index >= 15 is 0 Å². The Bertz CT molecular complexity index is 632. The van der Waals surface area contributed by atoms with Gasteiger partial charge >= 0.3 is 5.97 Å². The molecule has 0 saturated carbocycles. The standard InChI is InChI=1S/C12H12BrIN4O2/c1-7(4-11(19)20)6-18-12(15-16-17-18)9-5-8(13)2-3-10(9)14/h2-3,5,7H,4,6H2,1H3,(H,19,20). The van der Waals surface area contributed by atoms with Crippen molar-refractivity contribution in [2.75, 3.05) is 0 Å². The first-order chi connectivity index (χ1) is 9.47. The Morgan fingerprint density at radius 1 is 1.55 bits per heavy atom. The first-order valence-electron chi connectivity index (χ1n) is 5.90. The van der Waals surface area contributed by atoms with E-state index < -0.39 is 5.97 Å². The number of carbonyl (C=O) groups is 1. The lowest BCUT2D eigenvalue weighted by molar-refractivity contribution is -0.138. The van der Waals surface area contributed by atoms with Crippen molar-refractivity contribution >= 4 is 44.5 Å². The fraction of sp³-hybridized carbons (Fsp3) is 0.333. The summed E-state index contributed by atoms with van der Waals surface area (Å²) in [5, 5.41) is 20.5. The van der Waals surface area contributed by atoms with E-state index in [1.165, 1.54) is 0 Å². The minimum atomic E-state index is -0.816. The molecule has 106 valence electrons. The van der Waals surface area contributed by atoms with Crippen molar-refractivity contribution in [3.63, 3.8) is 0 Å². The van der Waals surface area contributed by atoms with Crippen LogP contribution in [0.2, 0.25) is 0 Å². The van der Waals surface area contributed by atoms with Crippen LogP contribution in [0.25, 0.3) is 11.4 Å². The number of aliphatic carboxylic acids is 1. The fourth-order valence-corrected chi connectivity index (χ4v) is 2.79. The van der Waals surface area contributed by atoms with E-state index in [4.69, 9.17) is 5.11 Å². The van der Waals surface area contributed by atoms with Gasteiger partial charge in [-0.05, 0) is 57.1 Å². The normalized spacial score (nSPS) is 12.3. The lowest BCUT2D eigenvalue weighted by Gasteiger charge is -2.11. The molecule has 1 N–H and O–H groups in total. The van der Waals surface area contributed by atoms with E-state index in [-0.39, 0.29) is 12.3 Å². The van der Waals surface area contributed by atoms with E-state index in [0.717, 1.165) is 13.6 Å². The monoisotopic (exact) mass is 450 g/mol. The molecule has 6 nitrogen and oxygen atoms in total. The van der Waals surface area contributed by atoms with Crippen LogP contribution in [0.3, 0.4) is 0 Å². The van der Waals surface area contributed by atoms with Gasteiger partial charge in [-0.25, -0.2) is 4.68 Å². The van der Waals surface area contributed by atoms with E-state index in [1.807, 2.05) is 25.1 Å². The maximum atomic E-state index is 10.7. The predicted molar refractivity (Wildman–Crippen MR) is 85.1 cm³/mol. The Hall–Kier alpha value is -1.03. The third kappa shape index (κ3) is 3.75. The lowest BCUT2D eigenvalue weighted by Crippen LogP contribution is -2.14. The average Bonchev–Trinajstić information content (AvgIpc) is 2.79. The third-order valence-electron chi connectivity index (χ3n) is 2.71. The summed E-state index contributed by atoms with van der Waals surface area (Å²) in [5.74, 6) is -0.211. The highest BCUT2D eigenvalue weighted by Gasteiger charge is 2.16. The van der Waals surface area contributed by atoms with E-state index in [2.05, 4.69) is 54.0 Å². The topological polar surface area (TPSA) is 80.9 Å². The van der Waals surface area contributed by atoms with Crippen LogP contribution >= 0.6 is 38.5 Å². The van der Waals surface area contributed by atoms with Gasteiger partial charge in [-0.3, -0.25) is 4.79 Å². The number of carboxylic acids is 1. The van der Waals surface area contributed by atoms with Crippen LogP contribution < -0.4 is 0 Å². The molecule has 1 unspecified atom stereocenters. The molecule has 2 aromatic rings. The first-order valence-corrected chi connectivity index (χ1v) is 7.78. The molecule has 1 aromatic carbocycles. The van der Waals surface area contributed by atoms with E-state index in [9.17, 15) is 4.79 Å². The molecule has 8 heteroatoms. The number of carboxylic acid groups (broad SMARTS) is 1. The van der Waals surface area contributed by atoms with Crippen LogP contribution in [-0.4, -0.2) is 31.3 Å². The van der Waals surface area contributed by atoms with Crippen molar-refractivity contribution in [3.8, 4) is 11.4 Å². The first kappa shape index (κ1) is 15.4. The SMILES string of the molecule is CC(CC(=O)O)Cn1nnnc1-c1cc(Br)ccc1I. The Labute approximate surface area is 137 Å². The zero-order valence-corrected chi connectivity index (χ0v) is 14.4. The number of halogens is 2. The molecule has 0 aliphatic heterocycles. The van der Waals surface area contributed by atoms with Crippen LogP contribution in [0.1, 0.15) is 13.3 Å². The van der Waals surface area contributed by atoms with Gasteiger partial charge in [0.25, 0.3) is 0 Å². The molecule has 1 atom stereocenters. The molecule has 1 aromatic heterocycles. The van der Waals surface area contributed by atoms with Crippen molar-refractivity contribution in [2.45, 2.75) is 19.9 Å². The van der Waals surface area contributed by atoms with Crippen LogP contribution in [0.15, 0.2) is 22.7 Å². The van der Waals surface area contributed by atoms with Gasteiger partial charge in [0, 0.05) is 26.6 Å². The number of nitrogens with zero attached hydrogens (tertiary/aromatic N) is 4. The second-order valence-electron chi connectivity index (χ2n) is 4.51. The third-order valence-corrected chi connectivity index (χ3v) is 4.14. The number of rotatable bonds is 5. The van der Waals surface area contributed by atoms with Crippen LogP contribution in [-0.2, 0) is 11.3 Å². The van der Waals surface area contributed by atoms with Crippen molar-refractivity contribution in [2.24, 2.45) is 5.92 Å². The Morgan fingerprint density at radius 2 is 2.30 bits per heavy atom. The second-order valence-corrected chi connectivity index (χ2v) is 6.59. The molecular weight excluding hydrogens is 439 g/mol. The molecule has 0 radical (unpaired) electrons. The Morgan fingerprint density at radius 3 is 3.00 bits per heavy atom. The van der Waals surface area contributed by atoms with Gasteiger partial charge in [0.1, 0.15) is 0 Å². The average molecular weight is 451 g/mol. The van der Waals surface area contributed by atoms with Crippen LogP contribution in [0.5, 0.6) is 0 Å². The molecule has 0 bridgehead atoms. The van der Waals surface area contributed by atoms with Gasteiger partial charge in [0.05, 0.1) is 0 Å². The van der Waals surface area contributed by atoms with E-state index in [1.54, 1.807) is 4.68 Å². The molecule has 0 amide bonds. The molecule has 0 fully saturated rings. The number of tetrazole rings is 1. The minimum Gasteiger partial charge on any atom is -0.481 e. The highest BCUT2D eigenvalue weighted by molar-refractivity contribution is 14.1. The summed E-state index contributed by atoms with van der Waals surface area (Å²) >= 11 is 5.66. The Kier molecular flexibility index (Phi) is 5.08. The van der Waals surface area contributed by atoms with Gasteiger partial charge in [-0.15, -0.1) is 5.10 Å². The van der Waals surface area contributed by atoms with Gasteiger partial charge in [-0.2, -0.15) is 0 Å². The van der Waals surface area contributed by atoms with Gasteiger partial charge in [-0.1, -0.05) is 22.9 Å². The molecule has 2 rings (SSSR count). The molecular formula is C12H12BrIN4O2. The van der Waals surface area contributed by atoms with Crippen LogP contribution in [0.4, 0.5) is 0 Å². The highest BCUT2D eigenvalue weighted by atomic mass is 127. The summed E-state index contributed by atoms with van der Waals surface area (Å²) in [6, 6.07) is 5.87. The predicted octanol–water partition coefficient (Wildman–Crippen LogP) is 2.82. The van der Waals surface area contributed by atoms with Gasteiger partial charge < -0.3 is 5.11 Å². The zero-order chi connectivity index (χ0) is 14.7. The molecule has 0 saturated heterocycles. The van der Waals surface area contributed by atoms with Crippen molar-refractivity contribution in [1.82, 2.24) is 20.2 Å². The van der Waals surface area contributed by atoms with E-state index in [0.29, 0.717) is 12.4 Å². The minimum absolute atomic E-state index is 0.0421. The van der Waals surface area contributed by atoms with Crippen molar-refractivity contribution < 1.29 is 9.90 Å².